The molecule has 0 N–H and O–H groups in total. The first-order valence-electron chi connectivity index (χ1n) is 9.08. The number of nitrogens with zero attached hydrogens (tertiary/aromatic N) is 6. The molecule has 4 rings (SSSR count). The highest BCUT2D eigenvalue weighted by Gasteiger charge is 2.38. The minimum atomic E-state index is -1.00. The number of esters is 1. The van der Waals surface area contributed by atoms with Crippen LogP contribution in [0.15, 0.2) is 32.2 Å². The lowest BCUT2D eigenvalue weighted by atomic mass is 10.2. The van der Waals surface area contributed by atoms with Gasteiger partial charge >= 0.3 is 5.97 Å². The zero-order valence-electron chi connectivity index (χ0n) is 16.9. The molecule has 1 aliphatic rings. The van der Waals surface area contributed by atoms with E-state index < -0.39 is 12.2 Å². The van der Waals surface area contributed by atoms with Gasteiger partial charge in [-0.3, -0.25) is 9.59 Å². The second-order valence-electron chi connectivity index (χ2n) is 6.82. The molecule has 31 heavy (non-hydrogen) atoms. The molecule has 0 spiro atoms. The number of hydrogen-bond donors (Lipinski definition) is 0. The number of aromatic nitrogens is 4. The first kappa shape index (κ1) is 21.4. The van der Waals surface area contributed by atoms with Gasteiger partial charge in [0.2, 0.25) is 17.6 Å². The molecule has 0 radical (unpaired) electrons. The Morgan fingerprint density at radius 3 is 2.55 bits per heavy atom. The molecule has 0 unspecified atom stereocenters. The van der Waals surface area contributed by atoms with Gasteiger partial charge in [-0.15, -0.1) is 10.2 Å². The Bertz CT molecular complexity index is 1270. The average Bonchev–Trinajstić information content (AvgIpc) is 3.27. The van der Waals surface area contributed by atoms with Crippen LogP contribution in [-0.4, -0.2) is 42.4 Å². The predicted octanol–water partition coefficient (Wildman–Crippen LogP) is 3.43. The van der Waals surface area contributed by atoms with Gasteiger partial charge in [-0.2, -0.15) is 9.99 Å². The maximum absolute atomic E-state index is 12.3. The fraction of sp³-hybridized carbons (Fsp3) is 0.263. The molecule has 160 valence electrons. The van der Waals surface area contributed by atoms with Gasteiger partial charge in [0.25, 0.3) is 12.0 Å². The maximum Gasteiger partial charge on any atom is 0.308 e. The number of ether oxygens (including phenoxy) is 2. The van der Waals surface area contributed by atoms with Crippen molar-refractivity contribution in [2.24, 2.45) is 5.10 Å². The summed E-state index contributed by atoms with van der Waals surface area (Å²) in [5, 5.41) is 9.90. The van der Waals surface area contributed by atoms with Gasteiger partial charge in [-0.25, -0.2) is 9.50 Å². The van der Waals surface area contributed by atoms with Crippen LogP contribution in [0.3, 0.4) is 0 Å². The van der Waals surface area contributed by atoms with E-state index in [1.807, 2.05) is 19.9 Å². The summed E-state index contributed by atoms with van der Waals surface area (Å²) in [6, 6.07) is 5.27. The van der Waals surface area contributed by atoms with Crippen LogP contribution in [0.5, 0.6) is 5.75 Å². The summed E-state index contributed by atoms with van der Waals surface area (Å²) in [5.74, 6) is 0.0227. The van der Waals surface area contributed by atoms with Gasteiger partial charge in [-0.05, 0) is 48.0 Å². The molecule has 12 heteroatoms. The van der Waals surface area contributed by atoms with E-state index in [1.165, 1.54) is 13.8 Å². The van der Waals surface area contributed by atoms with E-state index in [9.17, 15) is 9.59 Å². The van der Waals surface area contributed by atoms with Gasteiger partial charge in [0.15, 0.2) is 5.75 Å². The number of aryl methyl sites for hydroxylation is 2. The summed E-state index contributed by atoms with van der Waals surface area (Å²) in [6.07, 6.45) is -1.00. The highest BCUT2D eigenvalue weighted by atomic mass is 79.9. The molecular weight excluding hydrogens is 536 g/mol. The molecule has 10 nitrogen and oxygen atoms in total. The van der Waals surface area contributed by atoms with Crippen LogP contribution in [0.2, 0.25) is 0 Å². The molecule has 0 bridgehead atoms. The second kappa shape index (κ2) is 8.00. The van der Waals surface area contributed by atoms with Crippen LogP contribution in [-0.2, 0) is 14.3 Å². The third-order valence-electron chi connectivity index (χ3n) is 4.31. The Balaban J connectivity index is 1.79. The number of halogens is 2. The topological polar surface area (TPSA) is 111 Å². The van der Waals surface area contributed by atoms with Crippen molar-refractivity contribution in [1.29, 1.82) is 0 Å². The summed E-state index contributed by atoms with van der Waals surface area (Å²) >= 11 is 6.79. The molecule has 1 aliphatic heterocycles. The normalized spacial score (nSPS) is 15.7. The average molecular weight is 552 g/mol. The Labute approximate surface area is 193 Å². The van der Waals surface area contributed by atoms with Gasteiger partial charge in [0.05, 0.1) is 10.0 Å². The van der Waals surface area contributed by atoms with E-state index in [1.54, 1.807) is 16.6 Å². The molecular formula is C19H16Br2N6O4. The Kier molecular flexibility index (Phi) is 5.52. The fourth-order valence-electron chi connectivity index (χ4n) is 3.10. The lowest BCUT2D eigenvalue weighted by molar-refractivity contribution is -0.135. The molecule has 0 saturated heterocycles. The third-order valence-corrected chi connectivity index (χ3v) is 5.35. The molecule has 0 saturated carbocycles. The molecule has 1 aromatic carbocycles. The monoisotopic (exact) mass is 550 g/mol. The summed E-state index contributed by atoms with van der Waals surface area (Å²) in [7, 11) is 0. The van der Waals surface area contributed by atoms with Crippen molar-refractivity contribution in [3.05, 3.63) is 49.9 Å². The summed E-state index contributed by atoms with van der Waals surface area (Å²) < 4.78 is 14.1. The molecule has 1 atom stereocenters. The predicted molar refractivity (Wildman–Crippen MR) is 116 cm³/mol. The van der Waals surface area contributed by atoms with Crippen LogP contribution in [0, 0.1) is 13.8 Å². The molecule has 3 heterocycles. The summed E-state index contributed by atoms with van der Waals surface area (Å²) in [5.41, 5.74) is 2.00. The third kappa shape index (κ3) is 4.04. The maximum atomic E-state index is 12.3. The van der Waals surface area contributed by atoms with Gasteiger partial charge in [0, 0.05) is 29.7 Å². The number of carbonyl (C=O) groups is 2. The van der Waals surface area contributed by atoms with Crippen LogP contribution in [0.4, 0.5) is 0 Å². The number of fused-ring (bicyclic) bond motifs is 1. The quantitative estimate of drug-likeness (QED) is 0.362. The highest BCUT2D eigenvalue weighted by Crippen LogP contribution is 2.37. The first-order chi connectivity index (χ1) is 14.6. The number of rotatable bonds is 3. The van der Waals surface area contributed by atoms with Crippen LogP contribution < -0.4 is 4.74 Å². The number of benzene rings is 1. The van der Waals surface area contributed by atoms with Crippen molar-refractivity contribution in [3.8, 4) is 5.75 Å². The van der Waals surface area contributed by atoms with Crippen molar-refractivity contribution in [2.45, 2.75) is 33.9 Å². The Morgan fingerprint density at radius 1 is 1.13 bits per heavy atom. The minimum Gasteiger partial charge on any atom is -0.442 e. The zero-order valence-corrected chi connectivity index (χ0v) is 20.1. The fourth-order valence-corrected chi connectivity index (χ4v) is 4.40. The molecule has 0 aliphatic carbocycles. The minimum absolute atomic E-state index is 0.0816. The van der Waals surface area contributed by atoms with Gasteiger partial charge in [-0.1, -0.05) is 15.9 Å². The van der Waals surface area contributed by atoms with Gasteiger partial charge < -0.3 is 9.47 Å². The summed E-state index contributed by atoms with van der Waals surface area (Å²) in [4.78, 5) is 32.7. The first-order valence-corrected chi connectivity index (χ1v) is 10.7. The molecule has 2 aromatic heterocycles. The van der Waals surface area contributed by atoms with Gasteiger partial charge in [0.1, 0.15) is 0 Å². The lowest BCUT2D eigenvalue weighted by Gasteiger charge is -2.16. The van der Waals surface area contributed by atoms with E-state index in [0.29, 0.717) is 20.3 Å². The SMILES string of the molecule is CC(=O)Oc1c(Br)cc(Br)cc1C1=NN(C(C)=O)[C@@H](c2nc3nc(C)cc(C)n3n2)O1. The van der Waals surface area contributed by atoms with E-state index >= 15 is 0 Å². The van der Waals surface area contributed by atoms with E-state index in [0.717, 1.165) is 16.4 Å². The van der Waals surface area contributed by atoms with E-state index in [-0.39, 0.29) is 23.4 Å². The van der Waals surface area contributed by atoms with Crippen molar-refractivity contribution in [2.75, 3.05) is 0 Å². The number of hydrazone groups is 1. The van der Waals surface area contributed by atoms with Crippen molar-refractivity contribution < 1.29 is 19.1 Å². The molecule has 1 amide bonds. The van der Waals surface area contributed by atoms with Crippen molar-refractivity contribution in [1.82, 2.24) is 24.6 Å². The Hall–Kier alpha value is -2.86. The zero-order chi connectivity index (χ0) is 22.4. The van der Waals surface area contributed by atoms with E-state index in [4.69, 9.17) is 9.47 Å². The number of amides is 1. The van der Waals surface area contributed by atoms with Crippen molar-refractivity contribution >= 4 is 55.4 Å². The molecule has 0 fully saturated rings. The Morgan fingerprint density at radius 2 is 1.87 bits per heavy atom. The standard InChI is InChI=1S/C19H16Br2N6O4/c1-8-5-9(2)26-19(22-8)23-16(24-26)18-27(10(3)28)25-17(31-18)13-6-12(20)7-14(21)15(13)30-11(4)29/h5-7,18H,1-4H3/t18-/m1/s1. The van der Waals surface area contributed by atoms with Crippen LogP contribution in [0.25, 0.3) is 5.78 Å². The number of carbonyl (C=O) groups excluding carboxylic acids is 2. The summed E-state index contributed by atoms with van der Waals surface area (Å²) in [6.45, 7) is 6.39. The number of hydrogen-bond acceptors (Lipinski definition) is 8. The largest absolute Gasteiger partial charge is 0.442 e. The second-order valence-corrected chi connectivity index (χ2v) is 8.59. The smallest absolute Gasteiger partial charge is 0.308 e. The van der Waals surface area contributed by atoms with Crippen molar-refractivity contribution in [3.63, 3.8) is 0 Å². The van der Waals surface area contributed by atoms with Crippen LogP contribution in [0.1, 0.15) is 42.9 Å². The highest BCUT2D eigenvalue weighted by molar-refractivity contribution is 9.11. The van der Waals surface area contributed by atoms with E-state index in [2.05, 4.69) is 52.0 Å². The lowest BCUT2D eigenvalue weighted by Crippen LogP contribution is -2.26. The van der Waals surface area contributed by atoms with Crippen LogP contribution >= 0.6 is 31.9 Å². The molecule has 3 aromatic rings.